The van der Waals surface area contributed by atoms with Crippen LogP contribution in [0.5, 0.6) is 0 Å². The molecule has 22 heavy (non-hydrogen) atoms. The predicted molar refractivity (Wildman–Crippen MR) is 87.5 cm³/mol. The fourth-order valence-corrected chi connectivity index (χ4v) is 3.33. The second kappa shape index (κ2) is 5.41. The molecule has 3 heteroatoms. The van der Waals surface area contributed by atoms with E-state index < -0.39 is 0 Å². The van der Waals surface area contributed by atoms with E-state index >= 15 is 0 Å². The molecule has 0 atom stereocenters. The van der Waals surface area contributed by atoms with Crippen LogP contribution in [0, 0.1) is 5.82 Å². The lowest BCUT2D eigenvalue weighted by molar-refractivity contribution is 0.625. The molecular weight excluding hydrogens is 275 g/mol. The lowest BCUT2D eigenvalue weighted by atomic mass is 10.0. The van der Waals surface area contributed by atoms with Crippen molar-refractivity contribution in [2.45, 2.75) is 19.4 Å². The van der Waals surface area contributed by atoms with E-state index in [1.807, 2.05) is 12.1 Å². The smallest absolute Gasteiger partial charge is 0.124 e. The van der Waals surface area contributed by atoms with E-state index in [1.165, 1.54) is 11.3 Å². The molecule has 4 rings (SSSR count). The number of rotatable bonds is 2. The van der Waals surface area contributed by atoms with Crippen LogP contribution in [0.25, 0.3) is 10.9 Å². The average molecular weight is 292 g/mol. The molecule has 2 aromatic carbocycles. The van der Waals surface area contributed by atoms with Gasteiger partial charge in [0.15, 0.2) is 0 Å². The lowest BCUT2D eigenvalue weighted by Gasteiger charge is -2.31. The van der Waals surface area contributed by atoms with E-state index in [9.17, 15) is 4.39 Å². The number of anilines is 1. The first kappa shape index (κ1) is 13.3. The second-order valence-electron chi connectivity index (χ2n) is 5.79. The Hall–Kier alpha value is -2.42. The van der Waals surface area contributed by atoms with Crippen LogP contribution in [0.2, 0.25) is 0 Å². The predicted octanol–water partition coefficient (Wildman–Crippen LogP) is 4.33. The molecule has 0 fully saturated rings. The quantitative estimate of drug-likeness (QED) is 0.699. The molecule has 1 aliphatic heterocycles. The minimum atomic E-state index is -0.194. The topological polar surface area (TPSA) is 16.1 Å². The molecule has 2 nitrogen and oxygen atoms in total. The van der Waals surface area contributed by atoms with Gasteiger partial charge in [-0.2, -0.15) is 0 Å². The van der Waals surface area contributed by atoms with Gasteiger partial charge in [-0.25, -0.2) is 4.39 Å². The summed E-state index contributed by atoms with van der Waals surface area (Å²) in [6.45, 7) is 1.70. The summed E-state index contributed by atoms with van der Waals surface area (Å²) in [7, 11) is 0. The Balaban J connectivity index is 1.76. The molecule has 0 spiro atoms. The van der Waals surface area contributed by atoms with Crippen molar-refractivity contribution in [1.82, 2.24) is 4.98 Å². The van der Waals surface area contributed by atoms with Crippen molar-refractivity contribution >= 4 is 16.6 Å². The fourth-order valence-electron chi connectivity index (χ4n) is 3.33. The van der Waals surface area contributed by atoms with Crippen molar-refractivity contribution in [2.24, 2.45) is 0 Å². The second-order valence-corrected chi connectivity index (χ2v) is 5.79. The van der Waals surface area contributed by atoms with E-state index in [-0.39, 0.29) is 5.82 Å². The van der Waals surface area contributed by atoms with E-state index in [4.69, 9.17) is 0 Å². The minimum Gasteiger partial charge on any atom is -0.367 e. The molecule has 0 saturated carbocycles. The zero-order valence-electron chi connectivity index (χ0n) is 12.3. The summed E-state index contributed by atoms with van der Waals surface area (Å²) >= 11 is 0. The van der Waals surface area contributed by atoms with Crippen LogP contribution in [0.15, 0.2) is 54.7 Å². The number of fused-ring (bicyclic) bond motifs is 2. The Morgan fingerprint density at radius 3 is 2.95 bits per heavy atom. The molecule has 0 N–H and O–H groups in total. The van der Waals surface area contributed by atoms with Crippen LogP contribution < -0.4 is 4.90 Å². The number of halogens is 1. The van der Waals surface area contributed by atoms with Gasteiger partial charge in [-0.15, -0.1) is 0 Å². The van der Waals surface area contributed by atoms with Gasteiger partial charge in [-0.3, -0.25) is 4.98 Å². The maximum absolute atomic E-state index is 13.9. The summed E-state index contributed by atoms with van der Waals surface area (Å²) in [6, 6.07) is 15.4. The third kappa shape index (κ3) is 2.33. The summed E-state index contributed by atoms with van der Waals surface area (Å²) in [5.41, 5.74) is 4.49. The Morgan fingerprint density at radius 2 is 2.00 bits per heavy atom. The number of aryl methyl sites for hydroxylation is 1. The Bertz CT molecular complexity index is 829. The molecule has 0 amide bonds. The van der Waals surface area contributed by atoms with Crippen LogP contribution in [0.1, 0.15) is 17.5 Å². The van der Waals surface area contributed by atoms with Gasteiger partial charge < -0.3 is 4.90 Å². The zero-order valence-corrected chi connectivity index (χ0v) is 12.3. The molecule has 1 aliphatic rings. The third-order valence-electron chi connectivity index (χ3n) is 4.32. The third-order valence-corrected chi connectivity index (χ3v) is 4.32. The first-order valence-corrected chi connectivity index (χ1v) is 7.67. The first-order valence-electron chi connectivity index (χ1n) is 7.67. The van der Waals surface area contributed by atoms with Crippen molar-refractivity contribution in [3.63, 3.8) is 0 Å². The van der Waals surface area contributed by atoms with Gasteiger partial charge in [0.2, 0.25) is 0 Å². The zero-order chi connectivity index (χ0) is 14.9. The maximum Gasteiger partial charge on any atom is 0.124 e. The van der Waals surface area contributed by atoms with Crippen LogP contribution in [-0.2, 0) is 13.0 Å². The highest BCUT2D eigenvalue weighted by molar-refractivity contribution is 5.82. The summed E-state index contributed by atoms with van der Waals surface area (Å²) < 4.78 is 13.9. The molecule has 3 aromatic rings. The number of hydrogen-bond donors (Lipinski definition) is 0. The minimum absolute atomic E-state index is 0.194. The van der Waals surface area contributed by atoms with Gasteiger partial charge in [-0.05, 0) is 42.7 Å². The van der Waals surface area contributed by atoms with Crippen molar-refractivity contribution < 1.29 is 4.39 Å². The van der Waals surface area contributed by atoms with Gasteiger partial charge in [0.25, 0.3) is 0 Å². The normalized spacial score (nSPS) is 14.1. The monoisotopic (exact) mass is 292 g/mol. The van der Waals surface area contributed by atoms with E-state index in [2.05, 4.69) is 34.1 Å². The van der Waals surface area contributed by atoms with Gasteiger partial charge in [0.1, 0.15) is 5.82 Å². The average Bonchev–Trinajstić information content (AvgIpc) is 2.55. The highest BCUT2D eigenvalue weighted by atomic mass is 19.1. The summed E-state index contributed by atoms with van der Waals surface area (Å²) in [6.07, 6.45) is 4.03. The van der Waals surface area contributed by atoms with E-state index in [0.717, 1.165) is 35.9 Å². The standard InChI is InChI=1S/C19H17FN2/c20-17-11-15-6-3-9-21-19(15)16(12-17)13-22-10-4-7-14-5-1-2-8-18(14)22/h1-3,5-6,8-9,11-12H,4,7,10,13H2. The van der Waals surface area contributed by atoms with E-state index in [0.29, 0.717) is 6.54 Å². The molecule has 0 aliphatic carbocycles. The molecule has 0 bridgehead atoms. The molecule has 110 valence electrons. The molecule has 1 aromatic heterocycles. The van der Waals surface area contributed by atoms with E-state index in [1.54, 1.807) is 18.3 Å². The first-order chi connectivity index (χ1) is 10.8. The van der Waals surface area contributed by atoms with Crippen LogP contribution in [-0.4, -0.2) is 11.5 Å². The van der Waals surface area contributed by atoms with Crippen molar-refractivity contribution in [3.05, 3.63) is 71.7 Å². The highest BCUT2D eigenvalue weighted by Gasteiger charge is 2.17. The SMILES string of the molecule is Fc1cc(CN2CCCc3ccccc32)c2ncccc2c1. The molecule has 0 saturated heterocycles. The van der Waals surface area contributed by atoms with Crippen molar-refractivity contribution in [3.8, 4) is 0 Å². The number of para-hydroxylation sites is 1. The molecular formula is C19H17FN2. The molecule has 2 heterocycles. The highest BCUT2D eigenvalue weighted by Crippen LogP contribution is 2.29. The van der Waals surface area contributed by atoms with Crippen LogP contribution >= 0.6 is 0 Å². The van der Waals surface area contributed by atoms with Crippen LogP contribution in [0.4, 0.5) is 10.1 Å². The number of benzene rings is 2. The number of pyridine rings is 1. The Kier molecular flexibility index (Phi) is 3.26. The summed E-state index contributed by atoms with van der Waals surface area (Å²) in [5.74, 6) is -0.194. The van der Waals surface area contributed by atoms with Gasteiger partial charge in [0, 0.05) is 35.9 Å². The Morgan fingerprint density at radius 1 is 1.09 bits per heavy atom. The van der Waals surface area contributed by atoms with Gasteiger partial charge in [-0.1, -0.05) is 24.3 Å². The summed E-state index contributed by atoms with van der Waals surface area (Å²) in [4.78, 5) is 6.79. The summed E-state index contributed by atoms with van der Waals surface area (Å²) in [5, 5.41) is 0.864. The van der Waals surface area contributed by atoms with Crippen LogP contribution in [0.3, 0.4) is 0 Å². The number of hydrogen-bond acceptors (Lipinski definition) is 2. The number of aromatic nitrogens is 1. The van der Waals surface area contributed by atoms with Gasteiger partial charge >= 0.3 is 0 Å². The Labute approximate surface area is 129 Å². The van der Waals surface area contributed by atoms with Gasteiger partial charge in [0.05, 0.1) is 5.52 Å². The largest absolute Gasteiger partial charge is 0.367 e. The molecule has 0 unspecified atom stereocenters. The van der Waals surface area contributed by atoms with Crippen molar-refractivity contribution in [2.75, 3.05) is 11.4 Å². The molecule has 0 radical (unpaired) electrons. The fraction of sp³-hybridized carbons (Fsp3) is 0.211. The lowest BCUT2D eigenvalue weighted by Crippen LogP contribution is -2.28. The van der Waals surface area contributed by atoms with Crippen molar-refractivity contribution in [1.29, 1.82) is 0 Å². The number of nitrogens with zero attached hydrogens (tertiary/aromatic N) is 2. The maximum atomic E-state index is 13.9.